The summed E-state index contributed by atoms with van der Waals surface area (Å²) in [6, 6.07) is 0. The molecule has 1 N–H and O–H groups in total. The van der Waals surface area contributed by atoms with Crippen LogP contribution in [-0.4, -0.2) is 36.1 Å². The maximum Gasteiger partial charge on any atom is 0.0815 e. The molecule has 2 rings (SSSR count). The lowest BCUT2D eigenvalue weighted by molar-refractivity contribution is -0.929. The lowest BCUT2D eigenvalue weighted by Gasteiger charge is -2.42. The minimum atomic E-state index is 0. The smallest absolute Gasteiger partial charge is 0.0815 e. The van der Waals surface area contributed by atoms with Crippen LogP contribution in [0, 0.1) is 5.92 Å². The van der Waals surface area contributed by atoms with Crippen LogP contribution in [0.5, 0.6) is 0 Å². The molecular weight excluding hydrogens is 186 g/mol. The number of hydrogen-bond acceptors (Lipinski definition) is 1. The van der Waals surface area contributed by atoms with Crippen molar-refractivity contribution in [2.24, 2.45) is 5.92 Å². The molecular formula is C13H27NO. The molecule has 2 heteroatoms. The summed E-state index contributed by atoms with van der Waals surface area (Å²) in [7, 11) is 0. The molecule has 0 radical (unpaired) electrons. The Morgan fingerprint density at radius 2 is 1.53 bits per heavy atom. The molecule has 2 nitrogen and oxygen atoms in total. The predicted molar refractivity (Wildman–Crippen MR) is 63.1 cm³/mol. The van der Waals surface area contributed by atoms with E-state index in [0.29, 0.717) is 0 Å². The highest BCUT2D eigenvalue weighted by Crippen LogP contribution is 2.31. The van der Waals surface area contributed by atoms with Gasteiger partial charge in [-0.25, -0.2) is 0 Å². The molecule has 0 amide bonds. The molecule has 90 valence electrons. The highest BCUT2D eigenvalue weighted by Gasteiger charge is 2.32. The van der Waals surface area contributed by atoms with Crippen molar-refractivity contribution in [3.8, 4) is 0 Å². The van der Waals surface area contributed by atoms with Crippen LogP contribution in [0.1, 0.15) is 51.9 Å². The van der Waals surface area contributed by atoms with Crippen LogP contribution in [0.4, 0.5) is 0 Å². The van der Waals surface area contributed by atoms with Crippen molar-refractivity contribution in [3.05, 3.63) is 0 Å². The van der Waals surface area contributed by atoms with Crippen LogP contribution in [0.2, 0.25) is 0 Å². The monoisotopic (exact) mass is 213 g/mol. The van der Waals surface area contributed by atoms with E-state index in [4.69, 9.17) is 0 Å². The van der Waals surface area contributed by atoms with Gasteiger partial charge in [-0.1, -0.05) is 6.42 Å². The van der Waals surface area contributed by atoms with E-state index < -0.39 is 0 Å². The lowest BCUT2D eigenvalue weighted by Crippen LogP contribution is -2.52. The predicted octanol–water partition coefficient (Wildman–Crippen LogP) is 3.02. The van der Waals surface area contributed by atoms with Gasteiger partial charge in [0.05, 0.1) is 26.2 Å². The zero-order chi connectivity index (χ0) is 9.86. The fourth-order valence-corrected chi connectivity index (χ4v) is 3.21. The summed E-state index contributed by atoms with van der Waals surface area (Å²) < 4.78 is 1.46. The van der Waals surface area contributed by atoms with Gasteiger partial charge in [0.25, 0.3) is 0 Å². The quantitative estimate of drug-likeness (QED) is 0.663. The van der Waals surface area contributed by atoms with E-state index >= 15 is 0 Å². The number of rotatable bonds is 3. The molecule has 0 aromatic heterocycles. The Morgan fingerprint density at radius 1 is 0.933 bits per heavy atom. The molecule has 0 bridgehead atoms. The van der Waals surface area contributed by atoms with E-state index in [0.717, 1.165) is 5.92 Å². The van der Waals surface area contributed by atoms with Crippen molar-refractivity contribution < 1.29 is 9.96 Å². The number of likely N-dealkylation sites (tertiary alicyclic amines) is 1. The van der Waals surface area contributed by atoms with E-state index in [9.17, 15) is 0 Å². The summed E-state index contributed by atoms with van der Waals surface area (Å²) in [5, 5.41) is 0. The third-order valence-electron chi connectivity index (χ3n) is 4.56. The maximum atomic E-state index is 2.41. The van der Waals surface area contributed by atoms with Crippen molar-refractivity contribution in [2.45, 2.75) is 51.9 Å². The van der Waals surface area contributed by atoms with E-state index in [1.165, 1.54) is 75.6 Å². The van der Waals surface area contributed by atoms with Gasteiger partial charge in [-0.05, 0) is 45.4 Å². The minimum Gasteiger partial charge on any atom is -0.870 e. The molecule has 15 heavy (non-hydrogen) atoms. The second kappa shape index (κ2) is 5.86. The van der Waals surface area contributed by atoms with Gasteiger partial charge in [-0.3, -0.25) is 0 Å². The highest BCUT2D eigenvalue weighted by molar-refractivity contribution is 4.70. The van der Waals surface area contributed by atoms with Crippen LogP contribution in [-0.2, 0) is 0 Å². The first-order valence-corrected chi connectivity index (χ1v) is 6.70. The van der Waals surface area contributed by atoms with Crippen molar-refractivity contribution in [2.75, 3.05) is 26.2 Å². The van der Waals surface area contributed by atoms with Crippen LogP contribution >= 0.6 is 0 Å². The summed E-state index contributed by atoms with van der Waals surface area (Å²) in [6.45, 7) is 8.26. The van der Waals surface area contributed by atoms with Crippen LogP contribution < -0.4 is 0 Å². The average molecular weight is 213 g/mol. The average Bonchev–Trinajstić information content (AvgIpc) is 2.38. The zero-order valence-corrected chi connectivity index (χ0v) is 10.2. The molecule has 2 fully saturated rings. The minimum absolute atomic E-state index is 0. The summed E-state index contributed by atoms with van der Waals surface area (Å²) in [6.07, 6.45) is 10.5. The standard InChI is InChI=1S/C13H26N.H2O/c1-2-14(12-13-8-7-9-13)10-5-3-4-6-11-14;/h13H,2-12H2,1H3;1H2/q+1;/p-1. The molecule has 1 heterocycles. The third-order valence-corrected chi connectivity index (χ3v) is 4.56. The largest absolute Gasteiger partial charge is 0.870 e. The van der Waals surface area contributed by atoms with Gasteiger partial charge in [0.1, 0.15) is 0 Å². The zero-order valence-electron chi connectivity index (χ0n) is 10.2. The van der Waals surface area contributed by atoms with Crippen molar-refractivity contribution in [3.63, 3.8) is 0 Å². The Morgan fingerprint density at radius 3 is 1.93 bits per heavy atom. The van der Waals surface area contributed by atoms with Crippen LogP contribution in [0.3, 0.4) is 0 Å². The third kappa shape index (κ3) is 3.18. The molecule has 0 aromatic carbocycles. The first-order valence-electron chi connectivity index (χ1n) is 6.70. The topological polar surface area (TPSA) is 30.0 Å². The summed E-state index contributed by atoms with van der Waals surface area (Å²) >= 11 is 0. The highest BCUT2D eigenvalue weighted by atomic mass is 16.0. The summed E-state index contributed by atoms with van der Waals surface area (Å²) in [5.74, 6) is 1.09. The molecule has 0 unspecified atom stereocenters. The number of hydrogen-bond donors (Lipinski definition) is 0. The van der Waals surface area contributed by atoms with Gasteiger partial charge in [0.15, 0.2) is 0 Å². The van der Waals surface area contributed by atoms with Gasteiger partial charge in [-0.15, -0.1) is 0 Å². The van der Waals surface area contributed by atoms with Gasteiger partial charge in [-0.2, -0.15) is 0 Å². The molecule has 2 aliphatic rings. The lowest BCUT2D eigenvalue weighted by atomic mass is 9.84. The van der Waals surface area contributed by atoms with E-state index in [2.05, 4.69) is 6.92 Å². The summed E-state index contributed by atoms with van der Waals surface area (Å²) in [4.78, 5) is 0. The molecule has 0 aromatic rings. The number of nitrogens with zero attached hydrogens (tertiary/aromatic N) is 1. The normalized spacial score (nSPS) is 26.2. The Kier molecular flexibility index (Phi) is 5.07. The fourth-order valence-electron chi connectivity index (χ4n) is 3.21. The first kappa shape index (κ1) is 13.0. The molecule has 1 aliphatic carbocycles. The SMILES string of the molecule is CC[N+]1(CC2CCC2)CCCCCC1.[OH-]. The maximum absolute atomic E-state index is 2.41. The van der Waals surface area contributed by atoms with Crippen LogP contribution in [0.25, 0.3) is 0 Å². The number of quaternary nitrogens is 1. The molecule has 1 aliphatic heterocycles. The van der Waals surface area contributed by atoms with E-state index in [-0.39, 0.29) is 5.48 Å². The van der Waals surface area contributed by atoms with Crippen LogP contribution in [0.15, 0.2) is 0 Å². The second-order valence-corrected chi connectivity index (χ2v) is 5.50. The van der Waals surface area contributed by atoms with Gasteiger partial charge >= 0.3 is 0 Å². The Hall–Kier alpha value is -0.0800. The summed E-state index contributed by atoms with van der Waals surface area (Å²) in [5.41, 5.74) is 0. The Labute approximate surface area is 94.6 Å². The van der Waals surface area contributed by atoms with Gasteiger partial charge < -0.3 is 9.96 Å². The Bertz CT molecular complexity index is 169. The molecule has 0 atom stereocenters. The first-order chi connectivity index (χ1) is 6.85. The van der Waals surface area contributed by atoms with Gasteiger partial charge in [0, 0.05) is 5.92 Å². The molecule has 0 spiro atoms. The van der Waals surface area contributed by atoms with Crippen molar-refractivity contribution in [1.29, 1.82) is 0 Å². The second-order valence-electron chi connectivity index (χ2n) is 5.50. The Balaban J connectivity index is 0.00000112. The molecule has 1 saturated heterocycles. The van der Waals surface area contributed by atoms with Gasteiger partial charge in [0.2, 0.25) is 0 Å². The van der Waals surface area contributed by atoms with E-state index in [1.54, 1.807) is 0 Å². The van der Waals surface area contributed by atoms with Crippen molar-refractivity contribution >= 4 is 0 Å². The van der Waals surface area contributed by atoms with Crippen molar-refractivity contribution in [1.82, 2.24) is 0 Å². The fraction of sp³-hybridized carbons (Fsp3) is 1.00. The molecule has 1 saturated carbocycles. The van der Waals surface area contributed by atoms with E-state index in [1.807, 2.05) is 0 Å².